The number of fused-ring (bicyclic) bond motifs is 2. The maximum Gasteiger partial charge on any atom is 0.291 e. The molecule has 3 heterocycles. The van der Waals surface area contributed by atoms with E-state index in [1.165, 1.54) is 11.0 Å². The lowest BCUT2D eigenvalue weighted by Gasteiger charge is -2.27. The Kier molecular flexibility index (Phi) is 4.02. The number of hydrogen-bond acceptors (Lipinski definition) is 4. The highest BCUT2D eigenvalue weighted by Crippen LogP contribution is 2.39. The van der Waals surface area contributed by atoms with Gasteiger partial charge >= 0.3 is 0 Å². The molecule has 5 nitrogen and oxygen atoms in total. The van der Waals surface area contributed by atoms with E-state index in [4.69, 9.17) is 9.15 Å². The van der Waals surface area contributed by atoms with Crippen LogP contribution < -0.4 is 5.43 Å². The lowest BCUT2D eigenvalue weighted by Crippen LogP contribution is -2.36. The average molecular weight is 379 g/mol. The minimum atomic E-state index is -0.825. The molecule has 28 heavy (non-hydrogen) atoms. The molecular formula is C22H18FNO4. The highest BCUT2D eigenvalue weighted by atomic mass is 19.1. The van der Waals surface area contributed by atoms with E-state index < -0.39 is 17.8 Å². The van der Waals surface area contributed by atoms with Crippen molar-refractivity contribution in [3.05, 3.63) is 81.5 Å². The summed E-state index contributed by atoms with van der Waals surface area (Å²) in [4.78, 5) is 28.0. The van der Waals surface area contributed by atoms with Gasteiger partial charge in [0, 0.05) is 18.7 Å². The summed E-state index contributed by atoms with van der Waals surface area (Å²) in [7, 11) is 0. The number of hydrogen-bond donors (Lipinski definition) is 0. The molecule has 0 saturated carbocycles. The van der Waals surface area contributed by atoms with Gasteiger partial charge in [0.05, 0.1) is 23.1 Å². The standard InChI is InChI=1S/C22H18FNO4/c23-16-9-3-1-7-14(16)19-18-20(25)15-8-2-4-10-17(15)28-21(18)22(26)24(19)12-13-6-5-11-27-13/h1-4,7-10,13,19H,5-6,11-12H2. The summed E-state index contributed by atoms with van der Waals surface area (Å²) >= 11 is 0. The van der Waals surface area contributed by atoms with Crippen molar-refractivity contribution in [3.8, 4) is 0 Å². The summed E-state index contributed by atoms with van der Waals surface area (Å²) in [6, 6.07) is 12.2. The van der Waals surface area contributed by atoms with E-state index in [-0.39, 0.29) is 35.0 Å². The second-order valence-electron chi connectivity index (χ2n) is 7.19. The van der Waals surface area contributed by atoms with E-state index >= 15 is 0 Å². The quantitative estimate of drug-likeness (QED) is 0.697. The largest absolute Gasteiger partial charge is 0.450 e. The van der Waals surface area contributed by atoms with Crippen molar-refractivity contribution in [1.82, 2.24) is 4.90 Å². The molecule has 1 amide bonds. The van der Waals surface area contributed by atoms with Crippen LogP contribution in [0, 0.1) is 5.82 Å². The molecule has 0 aliphatic carbocycles. The van der Waals surface area contributed by atoms with E-state index in [2.05, 4.69) is 0 Å². The first-order chi connectivity index (χ1) is 13.6. The Morgan fingerprint density at radius 3 is 2.64 bits per heavy atom. The van der Waals surface area contributed by atoms with Crippen molar-refractivity contribution in [2.24, 2.45) is 0 Å². The average Bonchev–Trinajstić information content (AvgIpc) is 3.31. The second kappa shape index (κ2) is 6.56. The van der Waals surface area contributed by atoms with Gasteiger partial charge in [0.1, 0.15) is 11.4 Å². The number of benzene rings is 2. The molecule has 0 radical (unpaired) electrons. The molecule has 5 rings (SSSR count). The topological polar surface area (TPSA) is 59.8 Å². The summed E-state index contributed by atoms with van der Waals surface area (Å²) in [5.41, 5.74) is 0.543. The first-order valence-electron chi connectivity index (χ1n) is 9.38. The molecule has 142 valence electrons. The van der Waals surface area contributed by atoms with Crippen LogP contribution in [0.3, 0.4) is 0 Å². The Morgan fingerprint density at radius 2 is 1.86 bits per heavy atom. The van der Waals surface area contributed by atoms with Gasteiger partial charge in [-0.2, -0.15) is 0 Å². The molecule has 3 aromatic rings. The number of carbonyl (C=O) groups is 1. The molecule has 2 aliphatic rings. The molecule has 1 fully saturated rings. The molecule has 6 heteroatoms. The lowest BCUT2D eigenvalue weighted by atomic mass is 9.98. The van der Waals surface area contributed by atoms with Gasteiger partial charge in [-0.1, -0.05) is 30.3 Å². The summed E-state index contributed by atoms with van der Waals surface area (Å²) in [6.45, 7) is 0.933. The third kappa shape index (κ3) is 2.56. The number of para-hydroxylation sites is 1. The number of rotatable bonds is 3. The van der Waals surface area contributed by atoms with Gasteiger partial charge < -0.3 is 14.1 Å². The minimum Gasteiger partial charge on any atom is -0.450 e. The van der Waals surface area contributed by atoms with Crippen LogP contribution in [0.2, 0.25) is 0 Å². The Bertz CT molecular complexity index is 1130. The van der Waals surface area contributed by atoms with E-state index in [0.29, 0.717) is 17.6 Å². The van der Waals surface area contributed by atoms with Gasteiger partial charge in [-0.25, -0.2) is 4.39 Å². The number of ether oxygens (including phenoxy) is 1. The fraction of sp³-hybridized carbons (Fsp3) is 0.273. The molecular weight excluding hydrogens is 361 g/mol. The number of amides is 1. The van der Waals surface area contributed by atoms with E-state index in [1.807, 2.05) is 0 Å². The molecule has 2 atom stereocenters. The summed E-state index contributed by atoms with van der Waals surface area (Å²) in [6.07, 6.45) is 1.62. The molecule has 2 aromatic carbocycles. The molecule has 0 bridgehead atoms. The zero-order chi connectivity index (χ0) is 19.3. The van der Waals surface area contributed by atoms with Crippen molar-refractivity contribution >= 4 is 16.9 Å². The van der Waals surface area contributed by atoms with Crippen LogP contribution in [0.5, 0.6) is 0 Å². The first kappa shape index (κ1) is 17.1. The normalized spacial score (nSPS) is 21.5. The zero-order valence-electron chi connectivity index (χ0n) is 15.1. The van der Waals surface area contributed by atoms with E-state index in [0.717, 1.165) is 12.8 Å². The van der Waals surface area contributed by atoms with E-state index in [9.17, 15) is 14.0 Å². The molecule has 2 unspecified atom stereocenters. The van der Waals surface area contributed by atoms with Gasteiger partial charge in [0.25, 0.3) is 5.91 Å². The molecule has 1 aromatic heterocycles. The third-order valence-electron chi connectivity index (χ3n) is 5.50. The fourth-order valence-corrected chi connectivity index (χ4v) is 4.18. The maximum absolute atomic E-state index is 14.7. The molecule has 1 saturated heterocycles. The molecule has 2 aliphatic heterocycles. The number of halogens is 1. The van der Waals surface area contributed by atoms with Crippen molar-refractivity contribution in [1.29, 1.82) is 0 Å². The summed E-state index contributed by atoms with van der Waals surface area (Å²) < 4.78 is 26.2. The van der Waals surface area contributed by atoms with Crippen LogP contribution in [-0.4, -0.2) is 30.1 Å². The third-order valence-corrected chi connectivity index (χ3v) is 5.50. The van der Waals surface area contributed by atoms with Crippen molar-refractivity contribution < 1.29 is 18.3 Å². The Morgan fingerprint density at radius 1 is 1.07 bits per heavy atom. The first-order valence-corrected chi connectivity index (χ1v) is 9.38. The fourth-order valence-electron chi connectivity index (χ4n) is 4.18. The lowest BCUT2D eigenvalue weighted by molar-refractivity contribution is 0.0483. The Balaban J connectivity index is 1.73. The second-order valence-corrected chi connectivity index (χ2v) is 7.19. The Hall–Kier alpha value is -2.99. The molecule has 0 N–H and O–H groups in total. The van der Waals surface area contributed by atoms with Gasteiger partial charge in [-0.15, -0.1) is 0 Å². The van der Waals surface area contributed by atoms with E-state index in [1.54, 1.807) is 42.5 Å². The van der Waals surface area contributed by atoms with Crippen LogP contribution in [0.15, 0.2) is 57.7 Å². The SMILES string of the molecule is O=C1c2oc3ccccc3c(=O)c2C(c2ccccc2F)N1CC1CCCO1. The van der Waals surface area contributed by atoms with Crippen molar-refractivity contribution in [2.75, 3.05) is 13.2 Å². The monoisotopic (exact) mass is 379 g/mol. The predicted molar refractivity (Wildman–Crippen MR) is 101 cm³/mol. The number of carbonyl (C=O) groups excluding carboxylic acids is 1. The van der Waals surface area contributed by atoms with Crippen molar-refractivity contribution in [3.63, 3.8) is 0 Å². The van der Waals surface area contributed by atoms with Gasteiger partial charge in [0.2, 0.25) is 5.76 Å². The highest BCUT2D eigenvalue weighted by Gasteiger charge is 2.44. The minimum absolute atomic E-state index is 0.00468. The van der Waals surface area contributed by atoms with Gasteiger partial charge in [-0.05, 0) is 31.0 Å². The summed E-state index contributed by atoms with van der Waals surface area (Å²) in [5.74, 6) is -0.866. The zero-order valence-corrected chi connectivity index (χ0v) is 15.1. The van der Waals surface area contributed by atoms with Crippen LogP contribution in [0.4, 0.5) is 4.39 Å². The number of nitrogens with zero attached hydrogens (tertiary/aromatic N) is 1. The van der Waals surface area contributed by atoms with Gasteiger partial charge in [0.15, 0.2) is 5.43 Å². The van der Waals surface area contributed by atoms with Crippen LogP contribution in [-0.2, 0) is 4.74 Å². The highest BCUT2D eigenvalue weighted by molar-refractivity contribution is 5.99. The maximum atomic E-state index is 14.7. The van der Waals surface area contributed by atoms with Crippen molar-refractivity contribution in [2.45, 2.75) is 25.0 Å². The smallest absolute Gasteiger partial charge is 0.291 e. The van der Waals surface area contributed by atoms with Crippen LogP contribution in [0.25, 0.3) is 11.0 Å². The van der Waals surface area contributed by atoms with Gasteiger partial charge in [-0.3, -0.25) is 9.59 Å². The molecule has 0 spiro atoms. The summed E-state index contributed by atoms with van der Waals surface area (Å²) in [5, 5.41) is 0.384. The van der Waals surface area contributed by atoms with Crippen LogP contribution >= 0.6 is 0 Å². The Labute approximate surface area is 160 Å². The van der Waals surface area contributed by atoms with Crippen LogP contribution in [0.1, 0.15) is 40.6 Å². The predicted octanol–water partition coefficient (Wildman–Crippen LogP) is 3.66.